The molecule has 0 aliphatic carbocycles. The predicted octanol–water partition coefficient (Wildman–Crippen LogP) is 1.59. The normalized spacial score (nSPS) is 24.1. The number of nitrogens with one attached hydrogen (secondary N) is 1. The fourth-order valence-electron chi connectivity index (χ4n) is 2.52. The molecule has 5 nitrogen and oxygen atoms in total. The minimum atomic E-state index is -3.43. The molecule has 0 bridgehead atoms. The van der Waals surface area contributed by atoms with Crippen molar-refractivity contribution >= 4 is 10.0 Å². The number of rotatable bonds is 5. The summed E-state index contributed by atoms with van der Waals surface area (Å²) in [7, 11) is -3.43. The number of morpholine rings is 1. The van der Waals surface area contributed by atoms with Gasteiger partial charge in [-0.25, -0.2) is 8.42 Å². The third-order valence-electron chi connectivity index (χ3n) is 3.53. The Bertz CT molecular complexity index is 547. The van der Waals surface area contributed by atoms with Crippen molar-refractivity contribution in [3.8, 4) is 0 Å². The molecular formula is C15H24N2O3S. The monoisotopic (exact) mass is 312 g/mol. The zero-order chi connectivity index (χ0) is 15.5. The maximum atomic E-state index is 12.7. The van der Waals surface area contributed by atoms with Crippen LogP contribution < -0.4 is 5.32 Å². The second kappa shape index (κ2) is 6.87. The summed E-state index contributed by atoms with van der Waals surface area (Å²) in [6.45, 7) is 8.30. The molecule has 6 heteroatoms. The minimum absolute atomic E-state index is 0.0726. The van der Waals surface area contributed by atoms with Gasteiger partial charge in [-0.1, -0.05) is 19.1 Å². The van der Waals surface area contributed by atoms with E-state index in [1.54, 1.807) is 12.1 Å². The zero-order valence-electron chi connectivity index (χ0n) is 12.9. The summed E-state index contributed by atoms with van der Waals surface area (Å²) in [6.07, 6.45) is -0.145. The van der Waals surface area contributed by atoms with Gasteiger partial charge >= 0.3 is 0 Å². The van der Waals surface area contributed by atoms with Gasteiger partial charge < -0.3 is 10.1 Å². The van der Waals surface area contributed by atoms with E-state index in [2.05, 4.69) is 5.32 Å². The maximum absolute atomic E-state index is 12.7. The first-order valence-corrected chi connectivity index (χ1v) is 8.82. The summed E-state index contributed by atoms with van der Waals surface area (Å²) >= 11 is 0. The van der Waals surface area contributed by atoms with E-state index < -0.39 is 10.0 Å². The molecule has 1 aromatic carbocycles. The molecule has 0 spiro atoms. The van der Waals surface area contributed by atoms with Crippen LogP contribution in [0.2, 0.25) is 0 Å². The molecule has 0 radical (unpaired) electrons. The second-order valence-electron chi connectivity index (χ2n) is 5.50. The summed E-state index contributed by atoms with van der Waals surface area (Å²) in [4.78, 5) is 0.351. The van der Waals surface area contributed by atoms with Crippen LogP contribution in [0.15, 0.2) is 29.2 Å². The van der Waals surface area contributed by atoms with E-state index in [9.17, 15) is 8.42 Å². The van der Waals surface area contributed by atoms with Crippen molar-refractivity contribution in [2.75, 3.05) is 19.6 Å². The van der Waals surface area contributed by atoms with Crippen LogP contribution in [-0.4, -0.2) is 44.6 Å². The Morgan fingerprint density at radius 2 is 1.76 bits per heavy atom. The number of nitrogens with zero attached hydrogens (tertiary/aromatic N) is 1. The number of sulfonamides is 1. The highest BCUT2D eigenvalue weighted by Crippen LogP contribution is 2.21. The first kappa shape index (κ1) is 16.4. The van der Waals surface area contributed by atoms with E-state index in [-0.39, 0.29) is 12.2 Å². The molecule has 0 amide bonds. The standard InChI is InChI=1S/C15H24N2O3S/c1-4-16-9-14-5-7-15(8-6-14)21(18,19)17-10-12(2)20-13(3)11-17/h5-8,12-13,16H,4,9-11H2,1-3H3. The average molecular weight is 312 g/mol. The Labute approximate surface area is 127 Å². The Morgan fingerprint density at radius 3 is 2.29 bits per heavy atom. The van der Waals surface area contributed by atoms with Gasteiger partial charge in [-0.2, -0.15) is 4.31 Å². The van der Waals surface area contributed by atoms with Crippen molar-refractivity contribution in [3.63, 3.8) is 0 Å². The molecule has 1 heterocycles. The van der Waals surface area contributed by atoms with E-state index in [1.807, 2.05) is 32.9 Å². The third-order valence-corrected chi connectivity index (χ3v) is 5.37. The van der Waals surface area contributed by atoms with Crippen LogP contribution >= 0.6 is 0 Å². The van der Waals surface area contributed by atoms with Crippen LogP contribution in [0.3, 0.4) is 0 Å². The lowest BCUT2D eigenvalue weighted by Gasteiger charge is -2.34. The van der Waals surface area contributed by atoms with Crippen molar-refractivity contribution in [3.05, 3.63) is 29.8 Å². The number of hydrogen-bond acceptors (Lipinski definition) is 4. The van der Waals surface area contributed by atoms with Crippen LogP contribution in [-0.2, 0) is 21.3 Å². The Kier molecular flexibility index (Phi) is 5.37. The molecule has 1 saturated heterocycles. The van der Waals surface area contributed by atoms with Crippen molar-refractivity contribution in [1.29, 1.82) is 0 Å². The fourth-order valence-corrected chi connectivity index (χ4v) is 4.12. The summed E-state index contributed by atoms with van der Waals surface area (Å²) in [6, 6.07) is 7.10. The molecule has 1 aliphatic heterocycles. The van der Waals surface area contributed by atoms with Crippen LogP contribution in [0.5, 0.6) is 0 Å². The zero-order valence-corrected chi connectivity index (χ0v) is 13.7. The van der Waals surface area contributed by atoms with E-state index in [1.165, 1.54) is 4.31 Å². The van der Waals surface area contributed by atoms with Crippen molar-refractivity contribution < 1.29 is 13.2 Å². The first-order chi connectivity index (χ1) is 9.93. The van der Waals surface area contributed by atoms with Gasteiger partial charge in [0.05, 0.1) is 17.1 Å². The SMILES string of the molecule is CCNCc1ccc(S(=O)(=O)N2CC(C)OC(C)C2)cc1. The van der Waals surface area contributed by atoms with E-state index in [0.29, 0.717) is 18.0 Å². The number of hydrogen-bond donors (Lipinski definition) is 1. The number of benzene rings is 1. The van der Waals surface area contributed by atoms with E-state index >= 15 is 0 Å². The van der Waals surface area contributed by atoms with Crippen LogP contribution in [0, 0.1) is 0 Å². The fraction of sp³-hybridized carbons (Fsp3) is 0.600. The molecular weight excluding hydrogens is 288 g/mol. The molecule has 21 heavy (non-hydrogen) atoms. The Morgan fingerprint density at radius 1 is 1.19 bits per heavy atom. The van der Waals surface area contributed by atoms with Crippen LogP contribution in [0.1, 0.15) is 26.3 Å². The molecule has 1 N–H and O–H groups in total. The quantitative estimate of drug-likeness (QED) is 0.897. The molecule has 1 aromatic rings. The Hall–Kier alpha value is -0.950. The molecule has 0 aromatic heterocycles. The van der Waals surface area contributed by atoms with Crippen LogP contribution in [0.4, 0.5) is 0 Å². The van der Waals surface area contributed by atoms with Gasteiger partial charge in [-0.15, -0.1) is 0 Å². The van der Waals surface area contributed by atoms with E-state index in [4.69, 9.17) is 4.74 Å². The highest BCUT2D eigenvalue weighted by atomic mass is 32.2. The van der Waals surface area contributed by atoms with E-state index in [0.717, 1.165) is 18.7 Å². The van der Waals surface area contributed by atoms with Crippen molar-refractivity contribution in [1.82, 2.24) is 9.62 Å². The molecule has 1 aliphatic rings. The largest absolute Gasteiger partial charge is 0.373 e. The highest BCUT2D eigenvalue weighted by Gasteiger charge is 2.31. The predicted molar refractivity (Wildman–Crippen MR) is 82.6 cm³/mol. The smallest absolute Gasteiger partial charge is 0.243 e. The van der Waals surface area contributed by atoms with Gasteiger partial charge in [0, 0.05) is 19.6 Å². The lowest BCUT2D eigenvalue weighted by molar-refractivity contribution is -0.0440. The van der Waals surface area contributed by atoms with Gasteiger partial charge in [-0.3, -0.25) is 0 Å². The van der Waals surface area contributed by atoms with Gasteiger partial charge in [0.2, 0.25) is 10.0 Å². The topological polar surface area (TPSA) is 58.6 Å². The van der Waals surface area contributed by atoms with Crippen molar-refractivity contribution in [2.45, 2.75) is 44.4 Å². The van der Waals surface area contributed by atoms with Gasteiger partial charge in [0.25, 0.3) is 0 Å². The summed E-state index contributed by atoms with van der Waals surface area (Å²) in [5.74, 6) is 0. The molecule has 118 valence electrons. The molecule has 1 fully saturated rings. The third kappa shape index (κ3) is 4.03. The summed E-state index contributed by atoms with van der Waals surface area (Å²) in [5.41, 5.74) is 1.08. The lowest BCUT2D eigenvalue weighted by Crippen LogP contribution is -2.48. The van der Waals surface area contributed by atoms with Gasteiger partial charge in [-0.05, 0) is 38.1 Å². The summed E-state index contributed by atoms with van der Waals surface area (Å²) < 4.78 is 32.4. The maximum Gasteiger partial charge on any atom is 0.243 e. The average Bonchev–Trinajstić information content (AvgIpc) is 2.44. The second-order valence-corrected chi connectivity index (χ2v) is 7.44. The minimum Gasteiger partial charge on any atom is -0.373 e. The molecule has 2 atom stereocenters. The molecule has 2 rings (SSSR count). The highest BCUT2D eigenvalue weighted by molar-refractivity contribution is 7.89. The van der Waals surface area contributed by atoms with Gasteiger partial charge in [0.15, 0.2) is 0 Å². The van der Waals surface area contributed by atoms with Gasteiger partial charge in [0.1, 0.15) is 0 Å². The Balaban J connectivity index is 2.15. The van der Waals surface area contributed by atoms with Crippen LogP contribution in [0.25, 0.3) is 0 Å². The summed E-state index contributed by atoms with van der Waals surface area (Å²) in [5, 5.41) is 3.22. The first-order valence-electron chi connectivity index (χ1n) is 7.38. The molecule has 0 saturated carbocycles. The number of ether oxygens (including phenoxy) is 1. The molecule has 2 unspecified atom stereocenters. The lowest BCUT2D eigenvalue weighted by atomic mass is 10.2. The van der Waals surface area contributed by atoms with Crippen molar-refractivity contribution in [2.24, 2.45) is 0 Å².